The summed E-state index contributed by atoms with van der Waals surface area (Å²) in [5.41, 5.74) is 4.29. The van der Waals surface area contributed by atoms with Gasteiger partial charge in [0.25, 0.3) is 5.91 Å². The Hall–Kier alpha value is -3.33. The summed E-state index contributed by atoms with van der Waals surface area (Å²) >= 11 is 1.31. The van der Waals surface area contributed by atoms with Crippen molar-refractivity contribution in [3.8, 4) is 5.75 Å². The van der Waals surface area contributed by atoms with Gasteiger partial charge in [0.1, 0.15) is 5.75 Å². The number of thioether (sulfide) groups is 1. The van der Waals surface area contributed by atoms with Crippen LogP contribution in [0.5, 0.6) is 5.75 Å². The van der Waals surface area contributed by atoms with Crippen molar-refractivity contribution in [3.05, 3.63) is 65.0 Å². The molecule has 0 aliphatic rings. The predicted octanol–water partition coefficient (Wildman–Crippen LogP) is 4.29. The SMILES string of the molecule is CCc1ccc(O[C@@H](C)C(=O)NCc2nnc(SCC(=O)Nc3ccc(C)c(C)c3)n2CC)cc1. The van der Waals surface area contributed by atoms with Crippen LogP contribution in [-0.2, 0) is 29.1 Å². The Balaban J connectivity index is 1.51. The molecule has 2 N–H and O–H groups in total. The molecule has 186 valence electrons. The van der Waals surface area contributed by atoms with Crippen molar-refractivity contribution < 1.29 is 14.3 Å². The fourth-order valence-corrected chi connectivity index (χ4v) is 4.21. The number of anilines is 1. The van der Waals surface area contributed by atoms with Gasteiger partial charge >= 0.3 is 0 Å². The largest absolute Gasteiger partial charge is 0.481 e. The Bertz CT molecular complexity index is 1160. The van der Waals surface area contributed by atoms with Crippen molar-refractivity contribution in [1.29, 1.82) is 0 Å². The van der Waals surface area contributed by atoms with Crippen LogP contribution in [0.4, 0.5) is 5.69 Å². The van der Waals surface area contributed by atoms with Gasteiger partial charge in [-0.25, -0.2) is 0 Å². The fourth-order valence-electron chi connectivity index (χ4n) is 3.39. The number of hydrogen-bond acceptors (Lipinski definition) is 6. The van der Waals surface area contributed by atoms with Crippen molar-refractivity contribution in [2.24, 2.45) is 0 Å². The van der Waals surface area contributed by atoms with Gasteiger partial charge < -0.3 is 19.9 Å². The van der Waals surface area contributed by atoms with Crippen LogP contribution in [-0.4, -0.2) is 38.4 Å². The molecular formula is C26H33N5O3S. The van der Waals surface area contributed by atoms with Gasteiger partial charge in [-0.15, -0.1) is 10.2 Å². The lowest BCUT2D eigenvalue weighted by Gasteiger charge is -2.15. The molecule has 3 rings (SSSR count). The molecule has 0 radical (unpaired) electrons. The summed E-state index contributed by atoms with van der Waals surface area (Å²) in [7, 11) is 0. The predicted molar refractivity (Wildman–Crippen MR) is 139 cm³/mol. The Morgan fingerprint density at radius 1 is 1.06 bits per heavy atom. The Labute approximate surface area is 210 Å². The molecule has 35 heavy (non-hydrogen) atoms. The molecule has 1 aromatic heterocycles. The highest BCUT2D eigenvalue weighted by molar-refractivity contribution is 7.99. The fraction of sp³-hybridized carbons (Fsp3) is 0.385. The number of aromatic nitrogens is 3. The first-order chi connectivity index (χ1) is 16.8. The molecule has 0 spiro atoms. The first-order valence-electron chi connectivity index (χ1n) is 11.8. The van der Waals surface area contributed by atoms with E-state index < -0.39 is 6.10 Å². The van der Waals surface area contributed by atoms with Gasteiger partial charge in [0.05, 0.1) is 12.3 Å². The molecule has 9 heteroatoms. The minimum atomic E-state index is -0.650. The zero-order valence-electron chi connectivity index (χ0n) is 20.9. The minimum absolute atomic E-state index is 0.114. The molecule has 1 heterocycles. The first kappa shape index (κ1) is 26.3. The number of benzene rings is 2. The van der Waals surface area contributed by atoms with Gasteiger partial charge in [-0.1, -0.05) is 36.9 Å². The molecule has 2 aromatic carbocycles. The molecule has 0 unspecified atom stereocenters. The minimum Gasteiger partial charge on any atom is -0.481 e. The van der Waals surface area contributed by atoms with Crippen LogP contribution >= 0.6 is 11.8 Å². The van der Waals surface area contributed by atoms with Gasteiger partial charge in [0.15, 0.2) is 17.1 Å². The van der Waals surface area contributed by atoms with E-state index >= 15 is 0 Å². The highest BCUT2D eigenvalue weighted by atomic mass is 32.2. The topological polar surface area (TPSA) is 98.1 Å². The third-order valence-electron chi connectivity index (χ3n) is 5.67. The summed E-state index contributed by atoms with van der Waals surface area (Å²) in [4.78, 5) is 24.9. The van der Waals surface area contributed by atoms with E-state index in [9.17, 15) is 9.59 Å². The van der Waals surface area contributed by atoms with E-state index in [1.807, 2.05) is 67.8 Å². The maximum atomic E-state index is 12.5. The number of carbonyl (C=O) groups is 2. The quantitative estimate of drug-likeness (QED) is 0.385. The normalized spacial score (nSPS) is 11.7. The third-order valence-corrected chi connectivity index (χ3v) is 6.63. The van der Waals surface area contributed by atoms with Crippen molar-refractivity contribution in [1.82, 2.24) is 20.1 Å². The van der Waals surface area contributed by atoms with Gasteiger partial charge in [0.2, 0.25) is 5.91 Å². The third kappa shape index (κ3) is 7.32. The summed E-state index contributed by atoms with van der Waals surface area (Å²) in [5.74, 6) is 1.13. The van der Waals surface area contributed by atoms with E-state index in [0.29, 0.717) is 23.3 Å². The summed E-state index contributed by atoms with van der Waals surface area (Å²) < 4.78 is 7.64. The number of aryl methyl sites for hydroxylation is 3. The van der Waals surface area contributed by atoms with Crippen LogP contribution in [0.3, 0.4) is 0 Å². The van der Waals surface area contributed by atoms with Crippen molar-refractivity contribution in [2.75, 3.05) is 11.1 Å². The van der Waals surface area contributed by atoms with Crippen molar-refractivity contribution in [2.45, 2.75) is 65.4 Å². The van der Waals surface area contributed by atoms with E-state index in [-0.39, 0.29) is 24.1 Å². The van der Waals surface area contributed by atoms with Crippen LogP contribution in [0.1, 0.15) is 43.3 Å². The van der Waals surface area contributed by atoms with E-state index in [1.54, 1.807) is 6.92 Å². The Morgan fingerprint density at radius 3 is 2.46 bits per heavy atom. The maximum absolute atomic E-state index is 12.5. The Kier molecular flexibility index (Phi) is 9.31. The summed E-state index contributed by atoms with van der Waals surface area (Å²) in [6.07, 6.45) is 0.301. The molecule has 1 atom stereocenters. The second kappa shape index (κ2) is 12.4. The highest BCUT2D eigenvalue weighted by Gasteiger charge is 2.18. The van der Waals surface area contributed by atoms with Crippen molar-refractivity contribution >= 4 is 29.3 Å². The molecule has 0 bridgehead atoms. The zero-order valence-corrected chi connectivity index (χ0v) is 21.7. The number of ether oxygens (including phenoxy) is 1. The monoisotopic (exact) mass is 495 g/mol. The smallest absolute Gasteiger partial charge is 0.261 e. The van der Waals surface area contributed by atoms with Gasteiger partial charge in [-0.3, -0.25) is 9.59 Å². The number of amides is 2. The van der Waals surface area contributed by atoms with Crippen LogP contribution in [0.2, 0.25) is 0 Å². The lowest BCUT2D eigenvalue weighted by molar-refractivity contribution is -0.127. The lowest BCUT2D eigenvalue weighted by Crippen LogP contribution is -2.36. The zero-order chi connectivity index (χ0) is 25.4. The van der Waals surface area contributed by atoms with Gasteiger partial charge in [0, 0.05) is 12.2 Å². The maximum Gasteiger partial charge on any atom is 0.261 e. The second-order valence-electron chi connectivity index (χ2n) is 8.25. The van der Waals surface area contributed by atoms with E-state index in [1.165, 1.54) is 22.9 Å². The molecule has 0 aliphatic carbocycles. The van der Waals surface area contributed by atoms with E-state index in [4.69, 9.17) is 4.74 Å². The van der Waals surface area contributed by atoms with Gasteiger partial charge in [-0.05, 0) is 75.1 Å². The molecular weight excluding hydrogens is 462 g/mol. The molecule has 0 saturated carbocycles. The highest BCUT2D eigenvalue weighted by Crippen LogP contribution is 2.19. The number of rotatable bonds is 11. The number of nitrogens with zero attached hydrogens (tertiary/aromatic N) is 3. The summed E-state index contributed by atoms with van der Waals surface area (Å²) in [6, 6.07) is 13.6. The average molecular weight is 496 g/mol. The Morgan fingerprint density at radius 2 is 1.80 bits per heavy atom. The van der Waals surface area contributed by atoms with E-state index in [0.717, 1.165) is 17.7 Å². The van der Waals surface area contributed by atoms with E-state index in [2.05, 4.69) is 27.8 Å². The second-order valence-corrected chi connectivity index (χ2v) is 9.20. The van der Waals surface area contributed by atoms with Crippen LogP contribution in [0, 0.1) is 13.8 Å². The average Bonchev–Trinajstić information content (AvgIpc) is 3.25. The number of carbonyl (C=O) groups excluding carboxylic acids is 2. The number of nitrogens with one attached hydrogen (secondary N) is 2. The first-order valence-corrected chi connectivity index (χ1v) is 12.7. The lowest BCUT2D eigenvalue weighted by atomic mass is 10.1. The molecule has 0 aliphatic heterocycles. The molecule has 3 aromatic rings. The summed E-state index contributed by atoms with van der Waals surface area (Å²) in [5, 5.41) is 14.8. The summed E-state index contributed by atoms with van der Waals surface area (Å²) in [6.45, 7) is 10.7. The van der Waals surface area contributed by atoms with Crippen molar-refractivity contribution in [3.63, 3.8) is 0 Å². The number of hydrogen-bond donors (Lipinski definition) is 2. The molecule has 0 fully saturated rings. The van der Waals surface area contributed by atoms with Crippen LogP contribution in [0.25, 0.3) is 0 Å². The van der Waals surface area contributed by atoms with Gasteiger partial charge in [-0.2, -0.15) is 0 Å². The van der Waals surface area contributed by atoms with Crippen LogP contribution < -0.4 is 15.4 Å². The molecule has 8 nitrogen and oxygen atoms in total. The molecule has 2 amide bonds. The standard InChI is InChI=1S/C26H33N5O3S/c1-6-20-9-12-22(13-10-20)34-19(5)25(33)27-15-23-29-30-26(31(23)7-2)35-16-24(32)28-21-11-8-17(3)18(4)14-21/h8-14,19H,6-7,15-16H2,1-5H3,(H,27,33)(H,28,32)/t19-/m0/s1. The molecule has 0 saturated heterocycles. The van der Waals surface area contributed by atoms with Crippen LogP contribution in [0.15, 0.2) is 47.6 Å².